The molecule has 0 aliphatic carbocycles. The van der Waals surface area contributed by atoms with Gasteiger partial charge in [-0.2, -0.15) is 0 Å². The summed E-state index contributed by atoms with van der Waals surface area (Å²) in [6.45, 7) is 0. The van der Waals surface area contributed by atoms with Crippen molar-refractivity contribution in [3.63, 3.8) is 0 Å². The molecule has 1 heterocycles. The molecular weight excluding hydrogens is 249 g/mol. The summed E-state index contributed by atoms with van der Waals surface area (Å²) in [5.41, 5.74) is 2.63. The van der Waals surface area contributed by atoms with Gasteiger partial charge in [0.15, 0.2) is 0 Å². The molecule has 1 N–H and O–H groups in total. The molecule has 56 valence electrons. The number of halogens is 1. The first-order chi connectivity index (χ1) is 5.42. The van der Waals surface area contributed by atoms with E-state index < -0.39 is 0 Å². The Hall–Kier alpha value is -0.510. The molecule has 1 aromatic heterocycles. The maximum absolute atomic E-state index is 3.23. The van der Waals surface area contributed by atoms with Crippen LogP contribution in [0.1, 0.15) is 5.56 Å². The number of hydrogen-bond acceptors (Lipinski definition) is 0. The number of fused-ring (bicyclic) bond motifs is 1. The van der Waals surface area contributed by atoms with E-state index in [4.69, 9.17) is 0 Å². The van der Waals surface area contributed by atoms with Crippen LogP contribution in [0.25, 0.3) is 10.9 Å². The van der Waals surface area contributed by atoms with Crippen molar-refractivity contribution >= 4 is 33.5 Å². The Kier molecular flexibility index (Phi) is 1.85. The quantitative estimate of drug-likeness (QED) is 0.596. The number of hydrogen-bond donors (Lipinski definition) is 1. The van der Waals surface area contributed by atoms with Gasteiger partial charge in [-0.15, -0.1) is 0 Å². The third-order valence-corrected chi connectivity index (χ3v) is 2.64. The Morgan fingerprint density at radius 2 is 2.09 bits per heavy atom. The van der Waals surface area contributed by atoms with Gasteiger partial charge in [0.1, 0.15) is 0 Å². The molecule has 1 nitrogen and oxygen atoms in total. The van der Waals surface area contributed by atoms with Crippen molar-refractivity contribution in [3.8, 4) is 0 Å². The largest absolute Gasteiger partial charge is 0.361 e. The van der Waals surface area contributed by atoms with E-state index in [1.54, 1.807) is 0 Å². The summed E-state index contributed by atoms with van der Waals surface area (Å²) in [5, 5.41) is 1.35. The monoisotopic (exact) mass is 257 g/mol. The molecule has 0 saturated carbocycles. The highest BCUT2D eigenvalue weighted by Crippen LogP contribution is 2.19. The van der Waals surface area contributed by atoms with Gasteiger partial charge in [0.2, 0.25) is 0 Å². The van der Waals surface area contributed by atoms with E-state index in [0.717, 1.165) is 4.43 Å². The zero-order valence-electron chi connectivity index (χ0n) is 5.97. The molecule has 2 rings (SSSR count). The van der Waals surface area contributed by atoms with Crippen molar-refractivity contribution in [1.82, 2.24) is 4.98 Å². The minimum Gasteiger partial charge on any atom is -0.361 e. The molecule has 0 fully saturated rings. The molecule has 0 aliphatic rings. The Morgan fingerprint density at radius 3 is 2.91 bits per heavy atom. The third kappa shape index (κ3) is 1.15. The number of aromatic nitrogens is 1. The fourth-order valence-electron chi connectivity index (χ4n) is 1.24. The standard InChI is InChI=1S/C9H8IN/c10-5-7-6-11-9-4-2-1-3-8(7)9/h1-4,6,11H,5H2. The van der Waals surface area contributed by atoms with Crippen molar-refractivity contribution in [2.75, 3.05) is 0 Å². The lowest BCUT2D eigenvalue weighted by Gasteiger charge is -1.89. The topological polar surface area (TPSA) is 15.8 Å². The van der Waals surface area contributed by atoms with Gasteiger partial charge in [0, 0.05) is 21.5 Å². The van der Waals surface area contributed by atoms with Crippen molar-refractivity contribution < 1.29 is 0 Å². The second-order valence-electron chi connectivity index (χ2n) is 2.49. The van der Waals surface area contributed by atoms with Gasteiger partial charge in [0.25, 0.3) is 0 Å². The summed E-state index contributed by atoms with van der Waals surface area (Å²) in [5.74, 6) is 0. The summed E-state index contributed by atoms with van der Waals surface area (Å²) < 4.78 is 1.07. The molecule has 0 atom stereocenters. The first-order valence-corrected chi connectivity index (χ1v) is 5.05. The molecule has 0 radical (unpaired) electrons. The number of para-hydroxylation sites is 1. The van der Waals surface area contributed by atoms with Gasteiger partial charge in [-0.1, -0.05) is 40.8 Å². The van der Waals surface area contributed by atoms with E-state index in [0.29, 0.717) is 0 Å². The van der Waals surface area contributed by atoms with Gasteiger partial charge in [0.05, 0.1) is 0 Å². The predicted octanol–water partition coefficient (Wildman–Crippen LogP) is 3.10. The third-order valence-electron chi connectivity index (χ3n) is 1.82. The Balaban J connectivity index is 2.76. The second-order valence-corrected chi connectivity index (χ2v) is 3.26. The normalized spacial score (nSPS) is 10.6. The summed E-state index contributed by atoms with van der Waals surface area (Å²) in [6, 6.07) is 8.38. The van der Waals surface area contributed by atoms with E-state index in [-0.39, 0.29) is 0 Å². The highest BCUT2D eigenvalue weighted by molar-refractivity contribution is 14.1. The molecule has 11 heavy (non-hydrogen) atoms. The number of nitrogens with one attached hydrogen (secondary N) is 1. The molecule has 0 amide bonds. The summed E-state index contributed by atoms with van der Waals surface area (Å²) >= 11 is 2.38. The molecule has 0 spiro atoms. The van der Waals surface area contributed by atoms with E-state index in [2.05, 4.69) is 58.0 Å². The van der Waals surface area contributed by atoms with Gasteiger partial charge in [-0.05, 0) is 11.6 Å². The molecule has 2 aromatic rings. The van der Waals surface area contributed by atoms with Crippen LogP contribution in [-0.4, -0.2) is 4.98 Å². The maximum atomic E-state index is 3.23. The molecule has 2 heteroatoms. The highest BCUT2D eigenvalue weighted by Gasteiger charge is 1.98. The lowest BCUT2D eigenvalue weighted by atomic mass is 10.2. The Labute approximate surface area is 78.9 Å². The van der Waals surface area contributed by atoms with Crippen LogP contribution in [-0.2, 0) is 4.43 Å². The van der Waals surface area contributed by atoms with Gasteiger partial charge in [-0.25, -0.2) is 0 Å². The van der Waals surface area contributed by atoms with Gasteiger partial charge < -0.3 is 4.98 Å². The van der Waals surface area contributed by atoms with Gasteiger partial charge in [-0.3, -0.25) is 0 Å². The van der Waals surface area contributed by atoms with Crippen LogP contribution in [0.4, 0.5) is 0 Å². The van der Waals surface area contributed by atoms with Crippen LogP contribution >= 0.6 is 22.6 Å². The first kappa shape index (κ1) is 7.16. The zero-order valence-corrected chi connectivity index (χ0v) is 8.13. The smallest absolute Gasteiger partial charge is 0.0457 e. The van der Waals surface area contributed by atoms with Crippen LogP contribution in [0.3, 0.4) is 0 Å². The molecule has 1 aromatic carbocycles. The maximum Gasteiger partial charge on any atom is 0.0457 e. The molecule has 0 bridgehead atoms. The number of H-pyrrole nitrogens is 1. The average Bonchev–Trinajstić information content (AvgIpc) is 2.47. The van der Waals surface area contributed by atoms with E-state index in [9.17, 15) is 0 Å². The van der Waals surface area contributed by atoms with Crippen molar-refractivity contribution in [1.29, 1.82) is 0 Å². The molecule has 0 unspecified atom stereocenters. The van der Waals surface area contributed by atoms with E-state index in [1.165, 1.54) is 16.5 Å². The number of alkyl halides is 1. The Morgan fingerprint density at radius 1 is 1.27 bits per heavy atom. The van der Waals surface area contributed by atoms with E-state index >= 15 is 0 Å². The molecular formula is C9H8IN. The lowest BCUT2D eigenvalue weighted by molar-refractivity contribution is 1.42. The zero-order chi connectivity index (χ0) is 7.68. The van der Waals surface area contributed by atoms with E-state index in [1.807, 2.05) is 0 Å². The fraction of sp³-hybridized carbons (Fsp3) is 0.111. The van der Waals surface area contributed by atoms with Crippen LogP contribution in [0, 0.1) is 0 Å². The van der Waals surface area contributed by atoms with Crippen molar-refractivity contribution in [2.45, 2.75) is 4.43 Å². The summed E-state index contributed by atoms with van der Waals surface area (Å²) in [4.78, 5) is 3.23. The predicted molar refractivity (Wildman–Crippen MR) is 56.0 cm³/mol. The van der Waals surface area contributed by atoms with Gasteiger partial charge >= 0.3 is 0 Å². The highest BCUT2D eigenvalue weighted by atomic mass is 127. The van der Waals surface area contributed by atoms with Crippen LogP contribution in [0.5, 0.6) is 0 Å². The Bertz CT molecular complexity index is 364. The molecule has 0 aliphatic heterocycles. The van der Waals surface area contributed by atoms with Crippen LogP contribution in [0.15, 0.2) is 30.5 Å². The minimum atomic E-state index is 1.07. The number of benzene rings is 1. The van der Waals surface area contributed by atoms with Crippen molar-refractivity contribution in [3.05, 3.63) is 36.0 Å². The average molecular weight is 257 g/mol. The van der Waals surface area contributed by atoms with Crippen LogP contribution < -0.4 is 0 Å². The second kappa shape index (κ2) is 2.85. The fourth-order valence-corrected chi connectivity index (χ4v) is 1.87. The first-order valence-electron chi connectivity index (χ1n) is 3.53. The van der Waals surface area contributed by atoms with Crippen LogP contribution in [0.2, 0.25) is 0 Å². The number of rotatable bonds is 1. The summed E-state index contributed by atoms with van der Waals surface area (Å²) in [6.07, 6.45) is 2.08. The molecule has 0 saturated heterocycles. The number of aromatic amines is 1. The SMILES string of the molecule is ICc1c[nH]c2ccccc12. The lowest BCUT2D eigenvalue weighted by Crippen LogP contribution is -1.69. The van der Waals surface area contributed by atoms with Crippen molar-refractivity contribution in [2.24, 2.45) is 0 Å². The minimum absolute atomic E-state index is 1.07. The summed E-state index contributed by atoms with van der Waals surface area (Å²) in [7, 11) is 0.